The van der Waals surface area contributed by atoms with Crippen molar-refractivity contribution in [2.75, 3.05) is 14.2 Å². The Kier molecular flexibility index (Phi) is 5.03. The van der Waals surface area contributed by atoms with E-state index in [-0.39, 0.29) is 0 Å². The van der Waals surface area contributed by atoms with E-state index >= 15 is 0 Å². The van der Waals surface area contributed by atoms with Crippen molar-refractivity contribution in [1.29, 1.82) is 0 Å². The van der Waals surface area contributed by atoms with Crippen molar-refractivity contribution in [3.63, 3.8) is 0 Å². The van der Waals surface area contributed by atoms with Gasteiger partial charge in [0.1, 0.15) is 5.82 Å². The molecule has 1 aromatic heterocycles. The SMILES string of the molecule is COc1cc(CNCc2nccn2C)cc(Br)c1OC. The maximum atomic E-state index is 5.33. The number of imidazole rings is 1. The molecule has 1 aromatic carbocycles. The van der Waals surface area contributed by atoms with E-state index in [1.165, 1.54) is 0 Å². The van der Waals surface area contributed by atoms with Crippen molar-refractivity contribution >= 4 is 15.9 Å². The summed E-state index contributed by atoms with van der Waals surface area (Å²) in [6.45, 7) is 1.45. The summed E-state index contributed by atoms with van der Waals surface area (Å²) in [4.78, 5) is 4.27. The molecule has 0 aliphatic rings. The normalized spacial score (nSPS) is 10.6. The minimum atomic E-state index is 0.709. The predicted octanol–water partition coefficient (Wildman–Crippen LogP) is 2.49. The Bertz CT molecular complexity index is 584. The van der Waals surface area contributed by atoms with Gasteiger partial charge in [-0.2, -0.15) is 0 Å². The zero-order valence-electron chi connectivity index (χ0n) is 11.8. The zero-order chi connectivity index (χ0) is 14.5. The molecule has 0 unspecified atom stereocenters. The molecule has 0 aliphatic heterocycles. The van der Waals surface area contributed by atoms with Crippen LogP contribution in [-0.4, -0.2) is 23.8 Å². The van der Waals surface area contributed by atoms with Gasteiger partial charge in [-0.3, -0.25) is 0 Å². The number of ether oxygens (including phenoxy) is 2. The maximum Gasteiger partial charge on any atom is 0.174 e. The van der Waals surface area contributed by atoms with E-state index in [1.807, 2.05) is 29.9 Å². The summed E-state index contributed by atoms with van der Waals surface area (Å²) in [5, 5.41) is 3.36. The van der Waals surface area contributed by atoms with Crippen LogP contribution in [0.3, 0.4) is 0 Å². The molecular formula is C14H18BrN3O2. The van der Waals surface area contributed by atoms with Crippen LogP contribution in [0.5, 0.6) is 11.5 Å². The number of halogens is 1. The van der Waals surface area contributed by atoms with Crippen molar-refractivity contribution in [3.05, 3.63) is 40.4 Å². The monoisotopic (exact) mass is 339 g/mol. The van der Waals surface area contributed by atoms with E-state index in [0.717, 1.165) is 34.7 Å². The van der Waals surface area contributed by atoms with Crippen LogP contribution < -0.4 is 14.8 Å². The molecule has 0 radical (unpaired) electrons. The summed E-state index contributed by atoms with van der Waals surface area (Å²) in [6.07, 6.45) is 3.73. The first kappa shape index (κ1) is 14.9. The number of rotatable bonds is 6. The van der Waals surface area contributed by atoms with Crippen LogP contribution in [0.2, 0.25) is 0 Å². The Morgan fingerprint density at radius 1 is 1.25 bits per heavy atom. The quantitative estimate of drug-likeness (QED) is 0.878. The lowest BCUT2D eigenvalue weighted by atomic mass is 10.2. The summed E-state index contributed by atoms with van der Waals surface area (Å²) in [5.41, 5.74) is 1.11. The number of nitrogens with one attached hydrogen (secondary N) is 1. The van der Waals surface area contributed by atoms with Gasteiger partial charge in [-0.05, 0) is 33.6 Å². The lowest BCUT2D eigenvalue weighted by Crippen LogP contribution is -2.15. The Balaban J connectivity index is 2.03. The molecule has 1 N–H and O–H groups in total. The lowest BCUT2D eigenvalue weighted by molar-refractivity contribution is 0.352. The first-order valence-corrected chi connectivity index (χ1v) is 7.02. The Labute approximate surface area is 127 Å². The Hall–Kier alpha value is -1.53. The van der Waals surface area contributed by atoms with Gasteiger partial charge in [-0.1, -0.05) is 0 Å². The number of hydrogen-bond donors (Lipinski definition) is 1. The second kappa shape index (κ2) is 6.76. The third-order valence-corrected chi connectivity index (χ3v) is 3.62. The third-order valence-electron chi connectivity index (χ3n) is 3.03. The Morgan fingerprint density at radius 3 is 2.65 bits per heavy atom. The van der Waals surface area contributed by atoms with Crippen molar-refractivity contribution < 1.29 is 9.47 Å². The molecule has 0 saturated heterocycles. The highest BCUT2D eigenvalue weighted by atomic mass is 79.9. The van der Waals surface area contributed by atoms with Gasteiger partial charge < -0.3 is 19.4 Å². The van der Waals surface area contributed by atoms with Crippen molar-refractivity contribution in [2.24, 2.45) is 7.05 Å². The number of benzene rings is 1. The van der Waals surface area contributed by atoms with Gasteiger partial charge in [0.25, 0.3) is 0 Å². The number of methoxy groups -OCH3 is 2. The molecule has 2 aromatic rings. The van der Waals surface area contributed by atoms with Gasteiger partial charge in [0.05, 0.1) is 25.2 Å². The van der Waals surface area contributed by atoms with Gasteiger partial charge in [0, 0.05) is 26.0 Å². The molecular weight excluding hydrogens is 322 g/mol. The molecule has 0 fully saturated rings. The summed E-state index contributed by atoms with van der Waals surface area (Å²) in [6, 6.07) is 3.99. The zero-order valence-corrected chi connectivity index (χ0v) is 13.4. The Morgan fingerprint density at radius 2 is 2.05 bits per heavy atom. The van der Waals surface area contributed by atoms with E-state index < -0.39 is 0 Å². The maximum absolute atomic E-state index is 5.33. The highest BCUT2D eigenvalue weighted by Gasteiger charge is 2.10. The van der Waals surface area contributed by atoms with Crippen molar-refractivity contribution in [1.82, 2.24) is 14.9 Å². The van der Waals surface area contributed by atoms with E-state index in [2.05, 4.69) is 26.2 Å². The fourth-order valence-electron chi connectivity index (χ4n) is 1.96. The summed E-state index contributed by atoms with van der Waals surface area (Å²) < 4.78 is 13.5. The van der Waals surface area contributed by atoms with Crippen LogP contribution in [0.25, 0.3) is 0 Å². The number of aryl methyl sites for hydroxylation is 1. The summed E-state index contributed by atoms with van der Waals surface area (Å²) >= 11 is 3.49. The van der Waals surface area contributed by atoms with Crippen LogP contribution in [-0.2, 0) is 20.1 Å². The van der Waals surface area contributed by atoms with Crippen LogP contribution >= 0.6 is 15.9 Å². The predicted molar refractivity (Wildman–Crippen MR) is 81.0 cm³/mol. The van der Waals surface area contributed by atoms with Gasteiger partial charge in [-0.25, -0.2) is 4.98 Å². The molecule has 0 spiro atoms. The van der Waals surface area contributed by atoms with Crippen molar-refractivity contribution in [3.8, 4) is 11.5 Å². The van der Waals surface area contributed by atoms with Crippen LogP contribution in [0.4, 0.5) is 0 Å². The van der Waals surface area contributed by atoms with Crippen LogP contribution in [0, 0.1) is 0 Å². The average molecular weight is 340 g/mol. The fraction of sp³-hybridized carbons (Fsp3) is 0.357. The molecule has 1 heterocycles. The fourth-order valence-corrected chi connectivity index (χ4v) is 2.61. The summed E-state index contributed by atoms with van der Waals surface area (Å²) in [7, 11) is 5.24. The number of hydrogen-bond acceptors (Lipinski definition) is 4. The first-order valence-electron chi connectivity index (χ1n) is 6.23. The van der Waals surface area contributed by atoms with Gasteiger partial charge in [0.15, 0.2) is 11.5 Å². The van der Waals surface area contributed by atoms with Crippen molar-refractivity contribution in [2.45, 2.75) is 13.1 Å². The average Bonchev–Trinajstić information content (AvgIpc) is 2.84. The minimum Gasteiger partial charge on any atom is -0.493 e. The number of nitrogens with zero attached hydrogens (tertiary/aromatic N) is 2. The van der Waals surface area contributed by atoms with Gasteiger partial charge in [-0.15, -0.1) is 0 Å². The highest BCUT2D eigenvalue weighted by Crippen LogP contribution is 2.36. The second-order valence-corrected chi connectivity index (χ2v) is 5.23. The van der Waals surface area contributed by atoms with Gasteiger partial charge >= 0.3 is 0 Å². The summed E-state index contributed by atoms with van der Waals surface area (Å²) in [5.74, 6) is 2.43. The molecule has 2 rings (SSSR count). The molecule has 5 nitrogen and oxygen atoms in total. The second-order valence-electron chi connectivity index (χ2n) is 4.37. The van der Waals surface area contributed by atoms with E-state index in [1.54, 1.807) is 20.4 Å². The molecule has 20 heavy (non-hydrogen) atoms. The largest absolute Gasteiger partial charge is 0.493 e. The first-order chi connectivity index (χ1) is 9.65. The highest BCUT2D eigenvalue weighted by molar-refractivity contribution is 9.10. The van der Waals surface area contributed by atoms with E-state index in [0.29, 0.717) is 5.75 Å². The topological polar surface area (TPSA) is 48.3 Å². The van der Waals surface area contributed by atoms with Crippen LogP contribution in [0.15, 0.2) is 29.0 Å². The molecule has 0 bridgehead atoms. The van der Waals surface area contributed by atoms with Gasteiger partial charge in [0.2, 0.25) is 0 Å². The molecule has 0 saturated carbocycles. The molecule has 0 atom stereocenters. The molecule has 108 valence electrons. The van der Waals surface area contributed by atoms with Crippen LogP contribution in [0.1, 0.15) is 11.4 Å². The molecule has 0 aliphatic carbocycles. The smallest absolute Gasteiger partial charge is 0.174 e. The third kappa shape index (κ3) is 3.32. The number of aromatic nitrogens is 2. The lowest BCUT2D eigenvalue weighted by Gasteiger charge is -2.12. The minimum absolute atomic E-state index is 0.709. The van der Waals surface area contributed by atoms with E-state index in [9.17, 15) is 0 Å². The standard InChI is InChI=1S/C14H18BrN3O2/c1-18-5-4-17-13(18)9-16-8-10-6-11(15)14(20-3)12(7-10)19-2/h4-7,16H,8-9H2,1-3H3. The van der Waals surface area contributed by atoms with E-state index in [4.69, 9.17) is 9.47 Å². The molecule has 0 amide bonds. The molecule has 6 heteroatoms.